The molecule has 35 heavy (non-hydrogen) atoms. The van der Waals surface area contributed by atoms with Crippen molar-refractivity contribution in [2.45, 2.75) is 57.7 Å². The Bertz CT molecular complexity index is 1200. The third-order valence-corrected chi connectivity index (χ3v) is 6.09. The van der Waals surface area contributed by atoms with E-state index in [-0.39, 0.29) is 37.4 Å². The van der Waals surface area contributed by atoms with Gasteiger partial charge in [-0.1, -0.05) is 13.0 Å². The van der Waals surface area contributed by atoms with Crippen molar-refractivity contribution in [2.24, 2.45) is 5.92 Å². The Balaban J connectivity index is 1.39. The molecule has 4 rings (SSSR count). The van der Waals surface area contributed by atoms with Gasteiger partial charge in [-0.05, 0) is 13.3 Å². The normalized spacial score (nSPS) is 23.1. The number of aryl methyl sites for hydroxylation is 1. The van der Waals surface area contributed by atoms with E-state index in [1.165, 1.54) is 47.6 Å². The van der Waals surface area contributed by atoms with Crippen molar-refractivity contribution in [1.29, 1.82) is 0 Å². The Kier molecular flexibility index (Phi) is 6.52. The van der Waals surface area contributed by atoms with Gasteiger partial charge < -0.3 is 5.32 Å². The Morgan fingerprint density at radius 3 is 2.71 bits per heavy atom. The van der Waals surface area contributed by atoms with Crippen LogP contribution in [0.5, 0.6) is 0 Å². The van der Waals surface area contributed by atoms with Gasteiger partial charge in [0.1, 0.15) is 29.8 Å². The van der Waals surface area contributed by atoms with Gasteiger partial charge in [0.25, 0.3) is 17.7 Å². The van der Waals surface area contributed by atoms with Crippen LogP contribution in [0.15, 0.2) is 36.2 Å². The highest BCUT2D eigenvalue weighted by Crippen LogP contribution is 2.55. The van der Waals surface area contributed by atoms with E-state index in [2.05, 4.69) is 20.5 Å². The number of rotatable bonds is 7. The lowest BCUT2D eigenvalue weighted by Gasteiger charge is -2.19. The molecule has 2 aliphatic rings. The van der Waals surface area contributed by atoms with Gasteiger partial charge in [-0.2, -0.15) is 5.10 Å². The number of nitrogens with one attached hydrogen (secondary N) is 1. The van der Waals surface area contributed by atoms with Crippen molar-refractivity contribution in [1.82, 2.24) is 29.9 Å². The van der Waals surface area contributed by atoms with Gasteiger partial charge in [-0.3, -0.25) is 19.2 Å². The van der Waals surface area contributed by atoms with Crippen LogP contribution in [-0.4, -0.2) is 55.4 Å². The summed E-state index contributed by atoms with van der Waals surface area (Å²) in [6.45, 7) is 3.25. The summed E-state index contributed by atoms with van der Waals surface area (Å²) in [4.78, 5) is 30.8. The molecule has 1 saturated carbocycles. The maximum Gasteiger partial charge on any atom is 0.291 e. The van der Waals surface area contributed by atoms with E-state index < -0.39 is 47.3 Å². The molecule has 9 nitrogen and oxygen atoms in total. The van der Waals surface area contributed by atoms with Gasteiger partial charge in [0.2, 0.25) is 5.82 Å². The summed E-state index contributed by atoms with van der Waals surface area (Å²) in [5.41, 5.74) is 0.246. The molecule has 2 aromatic heterocycles. The number of nitrogens with zero attached hydrogens (tertiary/aromatic N) is 6. The topological polar surface area (TPSA) is 97.9 Å². The van der Waals surface area contributed by atoms with Crippen molar-refractivity contribution in [3.05, 3.63) is 47.7 Å². The lowest BCUT2D eigenvalue weighted by Crippen LogP contribution is -2.47. The molecular weight excluding hydrogens is 470 g/mol. The number of anilines is 1. The van der Waals surface area contributed by atoms with Crippen LogP contribution in [0.4, 0.5) is 23.4 Å². The van der Waals surface area contributed by atoms with E-state index >= 15 is 0 Å². The van der Waals surface area contributed by atoms with Crippen LogP contribution in [0.25, 0.3) is 0 Å². The lowest BCUT2D eigenvalue weighted by molar-refractivity contribution is -0.120. The number of alkyl halides is 2. The first-order chi connectivity index (χ1) is 16.5. The van der Waals surface area contributed by atoms with Crippen LogP contribution in [0, 0.1) is 5.92 Å². The number of carbonyl (C=O) groups excluding carboxylic acids is 2. The minimum absolute atomic E-state index is 0.0220. The summed E-state index contributed by atoms with van der Waals surface area (Å²) in [6.07, 6.45) is 3.10. The Morgan fingerprint density at radius 2 is 2.06 bits per heavy atom. The minimum atomic E-state index is -2.77. The Hall–Kier alpha value is -3.51. The molecule has 0 bridgehead atoms. The first-order valence-electron chi connectivity index (χ1n) is 11.1. The largest absolute Gasteiger partial charge is 0.337 e. The Morgan fingerprint density at radius 1 is 1.34 bits per heavy atom. The van der Waals surface area contributed by atoms with Gasteiger partial charge in [-0.15, -0.1) is 5.10 Å². The van der Waals surface area contributed by atoms with Crippen LogP contribution >= 0.6 is 0 Å². The van der Waals surface area contributed by atoms with Gasteiger partial charge >= 0.3 is 0 Å². The first kappa shape index (κ1) is 24.6. The van der Waals surface area contributed by atoms with Crippen LogP contribution in [-0.2, 0) is 17.9 Å². The number of hydrogen-bond donors (Lipinski definition) is 1. The number of fused-ring (bicyclic) bond motifs is 1. The molecule has 2 amide bonds. The number of hydrogen-bond acceptors (Lipinski definition) is 5. The maximum atomic E-state index is 14.1. The van der Waals surface area contributed by atoms with E-state index in [4.69, 9.17) is 0 Å². The average Bonchev–Trinajstić information content (AvgIpc) is 3.16. The molecule has 3 atom stereocenters. The predicted octanol–water partition coefficient (Wildman–Crippen LogP) is 3.13. The van der Waals surface area contributed by atoms with E-state index in [0.717, 1.165) is 12.2 Å². The van der Waals surface area contributed by atoms with E-state index in [1.807, 2.05) is 0 Å². The molecule has 2 aromatic rings. The second-order valence-corrected chi connectivity index (χ2v) is 8.77. The van der Waals surface area contributed by atoms with E-state index in [1.54, 1.807) is 0 Å². The fourth-order valence-corrected chi connectivity index (χ4v) is 3.86. The number of carbonyl (C=O) groups is 2. The van der Waals surface area contributed by atoms with Gasteiger partial charge in [0.05, 0.1) is 18.2 Å². The van der Waals surface area contributed by atoms with E-state index in [9.17, 15) is 27.2 Å². The standard InChI is InChI=1S/C22H25F4N7O2/c1-4-13(23)7-15(24)12(2)10-32-11-27-19(30-32)20(34)28-16-5-6-33-18(31(3)21(16)35)8-17(29-33)14-9-22(14,25)26/h4,7-8,11-12,14,16H,5-6,9-10H2,1-3H3,(H,28,34)/b13-4+,15-7+/t12?,14-,16+/m1/s1. The summed E-state index contributed by atoms with van der Waals surface area (Å²) in [6, 6.07) is 0.573. The molecule has 0 aromatic carbocycles. The number of likely N-dealkylation sites (N-methyl/N-ethyl adjacent to an activating group) is 1. The highest BCUT2D eigenvalue weighted by atomic mass is 19.3. The van der Waals surface area contributed by atoms with Gasteiger partial charge in [0, 0.05) is 38.1 Å². The molecular formula is C22H25F4N7O2. The first-order valence-corrected chi connectivity index (χ1v) is 11.1. The SMILES string of the molecule is C/C=C(F)\C=C(\F)C(C)Cn1cnc(C(=O)N[C@H]2CCn3nc([C@H]4CC4(F)F)cc3N(C)C2=O)n1. The van der Waals surface area contributed by atoms with Crippen LogP contribution in [0.3, 0.4) is 0 Å². The lowest BCUT2D eigenvalue weighted by atomic mass is 10.1. The number of aromatic nitrogens is 5. The van der Waals surface area contributed by atoms with Gasteiger partial charge in [-0.25, -0.2) is 27.2 Å². The molecule has 3 heterocycles. The van der Waals surface area contributed by atoms with Crippen molar-refractivity contribution in [2.75, 3.05) is 11.9 Å². The molecule has 0 spiro atoms. The second-order valence-electron chi connectivity index (χ2n) is 8.77. The zero-order valence-electron chi connectivity index (χ0n) is 19.4. The predicted molar refractivity (Wildman–Crippen MR) is 117 cm³/mol. The summed E-state index contributed by atoms with van der Waals surface area (Å²) in [5.74, 6) is -6.75. The zero-order valence-corrected chi connectivity index (χ0v) is 19.4. The summed E-state index contributed by atoms with van der Waals surface area (Å²) in [5, 5.41) is 10.9. The number of allylic oxidation sites excluding steroid dienone is 4. The van der Waals surface area contributed by atoms with Crippen LogP contribution in [0.2, 0.25) is 0 Å². The van der Waals surface area contributed by atoms with Crippen LogP contribution in [0.1, 0.15) is 48.9 Å². The molecule has 13 heteroatoms. The number of halogens is 4. The smallest absolute Gasteiger partial charge is 0.291 e. The Labute approximate surface area is 198 Å². The summed E-state index contributed by atoms with van der Waals surface area (Å²) >= 11 is 0. The van der Waals surface area contributed by atoms with Crippen molar-refractivity contribution in [3.8, 4) is 0 Å². The van der Waals surface area contributed by atoms with Crippen LogP contribution < -0.4 is 10.2 Å². The second kappa shape index (κ2) is 9.27. The fourth-order valence-electron chi connectivity index (χ4n) is 3.86. The third-order valence-electron chi connectivity index (χ3n) is 6.09. The van der Waals surface area contributed by atoms with Crippen molar-refractivity contribution >= 4 is 17.6 Å². The molecule has 0 radical (unpaired) electrons. The average molecular weight is 495 g/mol. The van der Waals surface area contributed by atoms with Crippen molar-refractivity contribution in [3.63, 3.8) is 0 Å². The van der Waals surface area contributed by atoms with E-state index in [0.29, 0.717) is 5.82 Å². The number of amides is 2. The van der Waals surface area contributed by atoms with Crippen molar-refractivity contribution < 1.29 is 27.2 Å². The maximum absolute atomic E-state index is 14.1. The fraction of sp³-hybridized carbons (Fsp3) is 0.500. The molecule has 1 aliphatic heterocycles. The zero-order chi connectivity index (χ0) is 25.5. The summed E-state index contributed by atoms with van der Waals surface area (Å²) in [7, 11) is 1.49. The monoisotopic (exact) mass is 495 g/mol. The molecule has 1 aliphatic carbocycles. The third kappa shape index (κ3) is 5.13. The molecule has 1 fully saturated rings. The summed E-state index contributed by atoms with van der Waals surface area (Å²) < 4.78 is 56.9. The molecule has 1 unspecified atom stereocenters. The highest BCUT2D eigenvalue weighted by molar-refractivity contribution is 6.00. The molecule has 188 valence electrons. The quantitative estimate of drug-likeness (QED) is 0.470. The minimum Gasteiger partial charge on any atom is -0.337 e. The van der Waals surface area contributed by atoms with Gasteiger partial charge in [0.15, 0.2) is 0 Å². The highest BCUT2D eigenvalue weighted by Gasteiger charge is 2.59. The molecule has 1 N–H and O–H groups in total. The molecule has 0 saturated heterocycles.